The summed E-state index contributed by atoms with van der Waals surface area (Å²) in [6.45, 7) is 10.3. The molecule has 1 saturated heterocycles. The Morgan fingerprint density at radius 3 is 2.35 bits per heavy atom. The van der Waals surface area contributed by atoms with Gasteiger partial charge in [0.25, 0.3) is 0 Å². The molecular formula is C41H50N14S2. The van der Waals surface area contributed by atoms with E-state index in [1.165, 1.54) is 10.5 Å². The van der Waals surface area contributed by atoms with Gasteiger partial charge in [0.1, 0.15) is 23.3 Å². The number of amidine groups is 1. The molecule has 296 valence electrons. The number of aromatic nitrogens is 5. The number of piperazine rings is 1. The predicted octanol–water partition coefficient (Wildman–Crippen LogP) is 6.21. The van der Waals surface area contributed by atoms with E-state index in [2.05, 4.69) is 107 Å². The maximum atomic E-state index is 4.93. The van der Waals surface area contributed by atoms with Gasteiger partial charge in [-0.1, -0.05) is 67.7 Å². The summed E-state index contributed by atoms with van der Waals surface area (Å²) in [6.07, 6.45) is 4.71. The number of nitrogens with zero attached hydrogens (tertiary/aromatic N) is 10. The highest BCUT2D eigenvalue weighted by Crippen LogP contribution is 2.33. The third-order valence-corrected chi connectivity index (χ3v) is 11.4. The van der Waals surface area contributed by atoms with Crippen LogP contribution >= 0.6 is 23.5 Å². The van der Waals surface area contributed by atoms with Crippen LogP contribution < -0.4 is 26.2 Å². The zero-order chi connectivity index (χ0) is 39.4. The number of aliphatic imine (C=N–C) groups is 2. The Kier molecular flexibility index (Phi) is 13.8. The number of likely N-dealkylation sites (N-methyl/N-ethyl adjacent to an activating group) is 2. The Morgan fingerprint density at radius 2 is 1.60 bits per heavy atom. The average Bonchev–Trinajstić information content (AvgIpc) is 3.24. The van der Waals surface area contributed by atoms with Crippen molar-refractivity contribution in [2.75, 3.05) is 68.9 Å². The predicted molar refractivity (Wildman–Crippen MR) is 232 cm³/mol. The van der Waals surface area contributed by atoms with Crippen LogP contribution in [0.3, 0.4) is 0 Å². The van der Waals surface area contributed by atoms with Gasteiger partial charge in [-0.15, -0.1) is 0 Å². The maximum Gasteiger partial charge on any atom is 0.233 e. The number of rotatable bonds is 16. The molecule has 3 aromatic heterocycles. The molecule has 2 aliphatic rings. The van der Waals surface area contributed by atoms with Crippen LogP contribution in [0.4, 0.5) is 23.5 Å². The van der Waals surface area contributed by atoms with Crippen LogP contribution in [0.1, 0.15) is 31.7 Å². The van der Waals surface area contributed by atoms with E-state index in [0.29, 0.717) is 24.1 Å². The maximum absolute atomic E-state index is 4.93. The molecule has 4 N–H and O–H groups in total. The number of hydrogen-bond donors (Lipinski definition) is 4. The average molecular weight is 803 g/mol. The molecule has 5 aromatic rings. The van der Waals surface area contributed by atoms with Crippen molar-refractivity contribution in [1.29, 1.82) is 0 Å². The fraction of sp³-hybridized carbons (Fsp3) is 0.341. The molecule has 16 heteroatoms. The van der Waals surface area contributed by atoms with Gasteiger partial charge in [0, 0.05) is 92.8 Å². The summed E-state index contributed by atoms with van der Waals surface area (Å²) in [5.74, 6) is 5.06. The first-order valence-electron chi connectivity index (χ1n) is 19.4. The molecule has 1 unspecified atom stereocenters. The van der Waals surface area contributed by atoms with E-state index in [1.54, 1.807) is 29.7 Å². The summed E-state index contributed by atoms with van der Waals surface area (Å²) in [6, 6.07) is 26.9. The third-order valence-electron chi connectivity index (χ3n) is 9.34. The van der Waals surface area contributed by atoms with Gasteiger partial charge in [0.15, 0.2) is 0 Å². The van der Waals surface area contributed by atoms with Gasteiger partial charge < -0.3 is 36.0 Å². The van der Waals surface area contributed by atoms with Crippen LogP contribution in [-0.2, 0) is 13.0 Å². The molecule has 0 aliphatic carbocycles. The van der Waals surface area contributed by atoms with Gasteiger partial charge >= 0.3 is 0 Å². The molecule has 2 aliphatic heterocycles. The summed E-state index contributed by atoms with van der Waals surface area (Å²) >= 11 is 3.35. The molecule has 1 fully saturated rings. The number of guanidine groups is 1. The van der Waals surface area contributed by atoms with Crippen LogP contribution in [0.5, 0.6) is 0 Å². The van der Waals surface area contributed by atoms with Gasteiger partial charge in [-0.05, 0) is 61.1 Å². The molecule has 0 saturated carbocycles. The van der Waals surface area contributed by atoms with E-state index < -0.39 is 6.29 Å². The van der Waals surface area contributed by atoms with Crippen molar-refractivity contribution < 1.29 is 0 Å². The molecule has 0 radical (unpaired) electrons. The molecule has 5 heterocycles. The summed E-state index contributed by atoms with van der Waals surface area (Å²) < 4.78 is 0. The molecule has 1 atom stereocenters. The number of aryl methyl sites for hydroxylation is 1. The number of anilines is 4. The normalized spacial score (nSPS) is 15.7. The SMILES string of the molecule is CCC1=NC(Nc2ncccc2Sc2ccc(CNCCN(C)c3nc(CC)nc(Nc4ccc(Sc5ccccc5)cn4)n3)cc2)N=C(N2CCN(C)CC2)N1. The van der Waals surface area contributed by atoms with Crippen molar-refractivity contribution in [3.8, 4) is 0 Å². The van der Waals surface area contributed by atoms with Crippen LogP contribution in [0.25, 0.3) is 0 Å². The second-order valence-electron chi connectivity index (χ2n) is 13.7. The third kappa shape index (κ3) is 11.4. The summed E-state index contributed by atoms with van der Waals surface area (Å²) in [4.78, 5) is 44.1. The standard InChI is InChI=1S/C41H50N14S2/c1-5-34-45-38(47-36-19-18-32(28-44-36)56-30-11-8-7-9-12-30)51-40(48-34)54(4)22-21-42-27-29-14-16-31(17-15-29)57-33-13-10-20-43-37(33)50-39-46-35(6-2)49-41(52-39)55-25-23-53(3)24-26-55/h7-20,28,39,42H,5-6,21-27H2,1-4H3,(H,43,50)(H,46,49,52)(H,44,45,47,48,51). The van der Waals surface area contributed by atoms with Crippen molar-refractivity contribution in [2.45, 2.75) is 59.1 Å². The second kappa shape index (κ2) is 19.7. The first-order valence-corrected chi connectivity index (χ1v) is 21.0. The highest BCUT2D eigenvalue weighted by atomic mass is 32.2. The minimum Gasteiger partial charge on any atom is -0.342 e. The highest BCUT2D eigenvalue weighted by molar-refractivity contribution is 7.99. The molecule has 2 aromatic carbocycles. The van der Waals surface area contributed by atoms with E-state index in [-0.39, 0.29) is 0 Å². The monoisotopic (exact) mass is 802 g/mol. The number of hydrogen-bond acceptors (Lipinski definition) is 16. The van der Waals surface area contributed by atoms with E-state index in [1.807, 2.05) is 61.5 Å². The fourth-order valence-electron chi connectivity index (χ4n) is 6.04. The van der Waals surface area contributed by atoms with Crippen molar-refractivity contribution in [1.82, 2.24) is 45.4 Å². The smallest absolute Gasteiger partial charge is 0.233 e. The Labute approximate surface area is 343 Å². The van der Waals surface area contributed by atoms with E-state index in [0.717, 1.165) is 90.4 Å². The largest absolute Gasteiger partial charge is 0.342 e. The van der Waals surface area contributed by atoms with Crippen LogP contribution in [0.15, 0.2) is 121 Å². The van der Waals surface area contributed by atoms with Gasteiger partial charge in [-0.3, -0.25) is 0 Å². The number of benzene rings is 2. The van der Waals surface area contributed by atoms with Crippen molar-refractivity contribution >= 4 is 58.9 Å². The van der Waals surface area contributed by atoms with Crippen molar-refractivity contribution in [2.24, 2.45) is 9.98 Å². The molecular weight excluding hydrogens is 753 g/mol. The Balaban J connectivity index is 0.893. The van der Waals surface area contributed by atoms with Gasteiger partial charge in [0.05, 0.1) is 4.90 Å². The van der Waals surface area contributed by atoms with Crippen LogP contribution in [-0.4, -0.2) is 106 Å². The lowest BCUT2D eigenvalue weighted by Crippen LogP contribution is -2.54. The zero-order valence-corrected chi connectivity index (χ0v) is 34.5. The Hall–Kier alpha value is -5.29. The van der Waals surface area contributed by atoms with Crippen molar-refractivity contribution in [3.63, 3.8) is 0 Å². The molecule has 0 amide bonds. The van der Waals surface area contributed by atoms with Crippen molar-refractivity contribution in [3.05, 3.63) is 103 Å². The first-order chi connectivity index (χ1) is 27.9. The van der Waals surface area contributed by atoms with Gasteiger partial charge in [-0.2, -0.15) is 15.0 Å². The molecule has 57 heavy (non-hydrogen) atoms. The van der Waals surface area contributed by atoms with Gasteiger partial charge in [-0.25, -0.2) is 20.0 Å². The summed E-state index contributed by atoms with van der Waals surface area (Å²) in [5.41, 5.74) is 1.20. The van der Waals surface area contributed by atoms with Gasteiger partial charge in [0.2, 0.25) is 24.1 Å². The lowest BCUT2D eigenvalue weighted by molar-refractivity contribution is 0.212. The number of pyridine rings is 2. The summed E-state index contributed by atoms with van der Waals surface area (Å²) in [5, 5.41) is 13.8. The topological polar surface area (TPSA) is 147 Å². The Morgan fingerprint density at radius 1 is 0.807 bits per heavy atom. The summed E-state index contributed by atoms with van der Waals surface area (Å²) in [7, 11) is 4.16. The minimum atomic E-state index is -0.444. The first kappa shape index (κ1) is 39.9. The lowest BCUT2D eigenvalue weighted by Gasteiger charge is -2.36. The van der Waals surface area contributed by atoms with Crippen LogP contribution in [0, 0.1) is 0 Å². The number of nitrogens with one attached hydrogen (secondary N) is 4. The quantitative estimate of drug-likeness (QED) is 0.0839. The Bertz CT molecular complexity index is 2110. The second-order valence-corrected chi connectivity index (χ2v) is 15.9. The molecule has 0 spiro atoms. The van der Waals surface area contributed by atoms with Crippen LogP contribution in [0.2, 0.25) is 0 Å². The van der Waals surface area contributed by atoms with E-state index in [9.17, 15) is 0 Å². The zero-order valence-electron chi connectivity index (χ0n) is 32.9. The lowest BCUT2D eigenvalue weighted by atomic mass is 10.2. The molecule has 7 rings (SSSR count). The fourth-order valence-corrected chi connectivity index (χ4v) is 7.73. The molecule has 0 bridgehead atoms. The highest BCUT2D eigenvalue weighted by Gasteiger charge is 2.24. The minimum absolute atomic E-state index is 0.444. The van der Waals surface area contributed by atoms with E-state index >= 15 is 0 Å². The molecule has 14 nitrogen and oxygen atoms in total. The van der Waals surface area contributed by atoms with E-state index in [4.69, 9.17) is 15.0 Å².